The molecular weight excluding hydrogens is 404 g/mol. The Morgan fingerprint density at radius 3 is 2.79 bits per heavy atom. The predicted molar refractivity (Wildman–Crippen MR) is 104 cm³/mol. The quantitative estimate of drug-likeness (QED) is 0.452. The topological polar surface area (TPSA) is 144 Å². The number of nitrogens with one attached hydrogen (secondary N) is 3. The van der Waals surface area contributed by atoms with E-state index in [4.69, 9.17) is 0 Å². The average Bonchev–Trinajstić information content (AvgIpc) is 3.28. The third-order valence-electron chi connectivity index (χ3n) is 3.37. The summed E-state index contributed by atoms with van der Waals surface area (Å²) in [4.78, 5) is 23.1. The summed E-state index contributed by atoms with van der Waals surface area (Å²) in [5, 5.41) is 9.99. The molecule has 0 bridgehead atoms. The fourth-order valence-electron chi connectivity index (χ4n) is 2.15. The monoisotopic (exact) mass is 422 g/mol. The van der Waals surface area contributed by atoms with Gasteiger partial charge in [-0.05, 0) is 13.0 Å². The van der Waals surface area contributed by atoms with Crippen LogP contribution >= 0.6 is 11.3 Å². The van der Waals surface area contributed by atoms with Crippen molar-refractivity contribution in [3.05, 3.63) is 36.5 Å². The number of hydrogen-bond donors (Lipinski definition) is 3. The van der Waals surface area contributed by atoms with Gasteiger partial charge in [0.1, 0.15) is 12.1 Å². The highest BCUT2D eigenvalue weighted by atomic mass is 32.2. The minimum Gasteiger partial charge on any atom is -0.369 e. The van der Waals surface area contributed by atoms with E-state index >= 15 is 0 Å². The molecule has 0 aliphatic heterocycles. The largest absolute Gasteiger partial charge is 0.369 e. The van der Waals surface area contributed by atoms with Crippen molar-refractivity contribution in [3.8, 4) is 5.82 Å². The summed E-state index contributed by atoms with van der Waals surface area (Å²) in [5.74, 6) is 0.828. The molecule has 11 nitrogen and oxygen atoms in total. The van der Waals surface area contributed by atoms with Gasteiger partial charge >= 0.3 is 0 Å². The smallest absolute Gasteiger partial charge is 0.251 e. The van der Waals surface area contributed by atoms with Crippen molar-refractivity contribution >= 4 is 38.2 Å². The molecule has 0 fully saturated rings. The molecule has 148 valence electrons. The number of thiazole rings is 1. The minimum atomic E-state index is -3.71. The maximum absolute atomic E-state index is 12.3. The van der Waals surface area contributed by atoms with Crippen LogP contribution in [0.3, 0.4) is 0 Å². The van der Waals surface area contributed by atoms with Crippen LogP contribution in [0.5, 0.6) is 0 Å². The van der Waals surface area contributed by atoms with Crippen LogP contribution in [-0.4, -0.2) is 52.1 Å². The molecule has 0 aliphatic rings. The SMILES string of the molecule is CC(=O)Nc1ncc(S(=O)(=O)NCCNc2cc(-n3ccc(C)n3)ncn2)s1. The van der Waals surface area contributed by atoms with E-state index in [2.05, 4.69) is 35.4 Å². The molecule has 13 heteroatoms. The van der Waals surface area contributed by atoms with Crippen molar-refractivity contribution in [2.45, 2.75) is 18.1 Å². The van der Waals surface area contributed by atoms with Crippen LogP contribution in [-0.2, 0) is 14.8 Å². The van der Waals surface area contributed by atoms with Gasteiger partial charge < -0.3 is 10.6 Å². The summed E-state index contributed by atoms with van der Waals surface area (Å²) in [6.07, 6.45) is 4.40. The van der Waals surface area contributed by atoms with Crippen LogP contribution in [0, 0.1) is 6.92 Å². The van der Waals surface area contributed by atoms with Gasteiger partial charge in [-0.15, -0.1) is 0 Å². The van der Waals surface area contributed by atoms with Gasteiger partial charge in [0, 0.05) is 32.3 Å². The summed E-state index contributed by atoms with van der Waals surface area (Å²) in [7, 11) is -3.71. The normalized spacial score (nSPS) is 11.4. The Bertz CT molecular complexity index is 1080. The standard InChI is InChI=1S/C15H18N8O3S2/c1-10-3-6-23(22-10)13-7-12(18-9-19-13)16-4-5-20-28(25,26)14-8-17-15(27-14)21-11(2)24/h3,6-9,20H,4-5H2,1-2H3,(H,16,18,19)(H,17,21,24). The Kier molecular flexibility index (Phi) is 5.96. The van der Waals surface area contributed by atoms with E-state index in [0.717, 1.165) is 17.0 Å². The lowest BCUT2D eigenvalue weighted by molar-refractivity contribution is -0.114. The molecule has 0 unspecified atom stereocenters. The van der Waals surface area contributed by atoms with E-state index in [-0.39, 0.29) is 21.8 Å². The summed E-state index contributed by atoms with van der Waals surface area (Å²) in [6, 6.07) is 3.57. The second-order valence-electron chi connectivity index (χ2n) is 5.65. The van der Waals surface area contributed by atoms with Gasteiger partial charge in [-0.1, -0.05) is 11.3 Å². The first-order valence-corrected chi connectivity index (χ1v) is 10.4. The summed E-state index contributed by atoms with van der Waals surface area (Å²) in [5.41, 5.74) is 0.868. The number of aromatic nitrogens is 5. The van der Waals surface area contributed by atoms with Crippen LogP contribution in [0.2, 0.25) is 0 Å². The molecule has 0 radical (unpaired) electrons. The first-order valence-electron chi connectivity index (χ1n) is 8.15. The van der Waals surface area contributed by atoms with E-state index < -0.39 is 10.0 Å². The fourth-order valence-corrected chi connectivity index (χ4v) is 4.30. The molecule has 0 spiro atoms. The van der Waals surface area contributed by atoms with E-state index in [9.17, 15) is 13.2 Å². The Morgan fingerprint density at radius 2 is 2.07 bits per heavy atom. The zero-order chi connectivity index (χ0) is 20.1. The van der Waals surface area contributed by atoms with Crippen molar-refractivity contribution in [1.29, 1.82) is 0 Å². The van der Waals surface area contributed by atoms with Crippen molar-refractivity contribution in [1.82, 2.24) is 29.5 Å². The Morgan fingerprint density at radius 1 is 1.25 bits per heavy atom. The van der Waals surface area contributed by atoms with E-state index in [1.54, 1.807) is 16.9 Å². The number of nitrogens with zero attached hydrogens (tertiary/aromatic N) is 5. The van der Waals surface area contributed by atoms with Gasteiger partial charge in [0.25, 0.3) is 10.0 Å². The number of anilines is 2. The number of carbonyl (C=O) groups excluding carboxylic acids is 1. The first-order chi connectivity index (χ1) is 13.3. The molecule has 3 heterocycles. The van der Waals surface area contributed by atoms with Gasteiger partial charge in [0.2, 0.25) is 5.91 Å². The second kappa shape index (κ2) is 8.41. The fraction of sp³-hybridized carbons (Fsp3) is 0.267. The molecule has 3 rings (SSSR count). The van der Waals surface area contributed by atoms with Crippen LogP contribution in [0.15, 0.2) is 35.1 Å². The van der Waals surface area contributed by atoms with Crippen molar-refractivity contribution in [2.75, 3.05) is 23.7 Å². The van der Waals surface area contributed by atoms with Gasteiger partial charge in [-0.3, -0.25) is 4.79 Å². The Labute approximate surface area is 165 Å². The number of carbonyl (C=O) groups is 1. The molecule has 0 aromatic carbocycles. The zero-order valence-electron chi connectivity index (χ0n) is 15.1. The number of hydrogen-bond acceptors (Lipinski definition) is 9. The molecule has 0 saturated carbocycles. The maximum atomic E-state index is 12.3. The Balaban J connectivity index is 1.54. The van der Waals surface area contributed by atoms with Crippen LogP contribution < -0.4 is 15.4 Å². The van der Waals surface area contributed by atoms with Crippen molar-refractivity contribution < 1.29 is 13.2 Å². The minimum absolute atomic E-state index is 0.0228. The molecule has 0 saturated heterocycles. The number of aryl methyl sites for hydroxylation is 1. The van der Waals surface area contributed by atoms with Crippen LogP contribution in [0.4, 0.5) is 10.9 Å². The van der Waals surface area contributed by atoms with E-state index in [1.807, 2.05) is 13.0 Å². The molecule has 3 aromatic heterocycles. The van der Waals surface area contributed by atoms with Gasteiger partial charge in [-0.2, -0.15) is 5.10 Å². The third-order valence-corrected chi connectivity index (χ3v) is 6.20. The van der Waals surface area contributed by atoms with Gasteiger partial charge in [-0.25, -0.2) is 32.8 Å². The Hall–Kier alpha value is -2.90. The molecular formula is C15H18N8O3S2. The molecule has 1 amide bonds. The first kappa shape index (κ1) is 19.9. The summed E-state index contributed by atoms with van der Waals surface area (Å²) < 4.78 is 28.6. The summed E-state index contributed by atoms with van der Waals surface area (Å²) in [6.45, 7) is 3.65. The van der Waals surface area contributed by atoms with Crippen LogP contribution in [0.25, 0.3) is 5.82 Å². The highest BCUT2D eigenvalue weighted by Gasteiger charge is 2.17. The van der Waals surface area contributed by atoms with Gasteiger partial charge in [0.15, 0.2) is 15.2 Å². The lowest BCUT2D eigenvalue weighted by Gasteiger charge is -2.08. The third kappa shape index (κ3) is 5.09. The number of sulfonamides is 1. The van der Waals surface area contributed by atoms with E-state index in [0.29, 0.717) is 18.2 Å². The van der Waals surface area contributed by atoms with Crippen molar-refractivity contribution in [3.63, 3.8) is 0 Å². The highest BCUT2D eigenvalue weighted by molar-refractivity contribution is 7.91. The average molecular weight is 422 g/mol. The molecule has 3 N–H and O–H groups in total. The maximum Gasteiger partial charge on any atom is 0.251 e. The number of rotatable bonds is 8. The molecule has 0 aliphatic carbocycles. The number of amides is 1. The second-order valence-corrected chi connectivity index (χ2v) is 8.68. The van der Waals surface area contributed by atoms with Gasteiger partial charge in [0.05, 0.1) is 11.9 Å². The zero-order valence-corrected chi connectivity index (χ0v) is 16.7. The lowest BCUT2D eigenvalue weighted by Crippen LogP contribution is -2.28. The van der Waals surface area contributed by atoms with Crippen LogP contribution in [0.1, 0.15) is 12.6 Å². The lowest BCUT2D eigenvalue weighted by atomic mass is 10.5. The molecule has 28 heavy (non-hydrogen) atoms. The van der Waals surface area contributed by atoms with Crippen molar-refractivity contribution in [2.24, 2.45) is 0 Å². The summed E-state index contributed by atoms with van der Waals surface area (Å²) >= 11 is 0.880. The molecule has 0 atom stereocenters. The highest BCUT2D eigenvalue weighted by Crippen LogP contribution is 2.22. The van der Waals surface area contributed by atoms with E-state index in [1.165, 1.54) is 19.4 Å². The predicted octanol–water partition coefficient (Wildman–Crippen LogP) is 0.776. The molecule has 3 aromatic rings.